The number of rotatable bonds is 1. The molecule has 1 fully saturated rings. The Bertz CT molecular complexity index is 315. The highest BCUT2D eigenvalue weighted by Crippen LogP contribution is 2.22. The minimum absolute atomic E-state index is 0.187. The number of hydrogen-bond donors (Lipinski definition) is 2. The maximum Gasteiger partial charge on any atom is 0.415 e. The molecular weight excluding hydrogens is 198 g/mol. The molecule has 1 amide bonds. The summed E-state index contributed by atoms with van der Waals surface area (Å²) in [7, 11) is 0. The molecule has 1 aliphatic heterocycles. The van der Waals surface area contributed by atoms with Crippen molar-refractivity contribution in [1.29, 1.82) is 0 Å². The summed E-state index contributed by atoms with van der Waals surface area (Å²) in [5.41, 5.74) is 2.01. The summed E-state index contributed by atoms with van der Waals surface area (Å²) in [4.78, 5) is 23.2. The van der Waals surface area contributed by atoms with Gasteiger partial charge in [0.15, 0.2) is 0 Å². The van der Waals surface area contributed by atoms with Crippen molar-refractivity contribution in [2.75, 3.05) is 6.54 Å². The van der Waals surface area contributed by atoms with E-state index in [0.29, 0.717) is 6.54 Å². The average molecular weight is 213 g/mol. The summed E-state index contributed by atoms with van der Waals surface area (Å²) in [5.74, 6) is 6.83. The van der Waals surface area contributed by atoms with Crippen molar-refractivity contribution >= 4 is 12.0 Å². The summed E-state index contributed by atoms with van der Waals surface area (Å²) in [6, 6.07) is -0.310. The number of nitrogens with two attached hydrogens (primary N) is 1. The van der Waals surface area contributed by atoms with Crippen LogP contribution in [0, 0.1) is 0 Å². The van der Waals surface area contributed by atoms with Gasteiger partial charge in [0.25, 0.3) is 0 Å². The maximum atomic E-state index is 11.5. The Balaban J connectivity index is 2.61. The molecule has 0 spiro atoms. The van der Waals surface area contributed by atoms with Crippen molar-refractivity contribution in [2.24, 2.45) is 5.84 Å². The number of amides is 1. The average Bonchev–Trinajstić information content (AvgIpc) is 2.00. The molecular formula is C9H15N3O3. The zero-order chi connectivity index (χ0) is 11.6. The third-order valence-electron chi connectivity index (χ3n) is 1.91. The molecule has 3 N–H and O–H groups in total. The molecule has 0 aromatic heterocycles. The van der Waals surface area contributed by atoms with E-state index in [2.05, 4.69) is 5.43 Å². The molecule has 0 bridgehead atoms. The number of carbonyl (C=O) groups is 1. The predicted octanol–water partition coefficient (Wildman–Crippen LogP) is -0.215. The van der Waals surface area contributed by atoms with Crippen LogP contribution in [0.5, 0.6) is 0 Å². The summed E-state index contributed by atoms with van der Waals surface area (Å²) in [6.45, 7) is 5.60. The van der Waals surface area contributed by atoms with Gasteiger partial charge in [0.05, 0.1) is 12.6 Å². The van der Waals surface area contributed by atoms with Gasteiger partial charge in [-0.15, -0.1) is 0 Å². The van der Waals surface area contributed by atoms with Crippen molar-refractivity contribution in [1.82, 2.24) is 10.3 Å². The van der Waals surface area contributed by atoms with E-state index < -0.39 is 11.7 Å². The van der Waals surface area contributed by atoms with Crippen molar-refractivity contribution in [3.63, 3.8) is 0 Å². The number of hydrogen-bond acceptors (Lipinski definition) is 5. The van der Waals surface area contributed by atoms with E-state index in [-0.39, 0.29) is 11.7 Å². The van der Waals surface area contributed by atoms with Crippen LogP contribution in [0.15, 0.2) is 5.70 Å². The first-order chi connectivity index (χ1) is 6.89. The van der Waals surface area contributed by atoms with E-state index in [9.17, 15) is 9.59 Å². The van der Waals surface area contributed by atoms with E-state index in [1.165, 1.54) is 4.90 Å². The van der Waals surface area contributed by atoms with Crippen LogP contribution in [0.2, 0.25) is 0 Å². The zero-order valence-electron chi connectivity index (χ0n) is 9.03. The molecule has 0 aromatic rings. The van der Waals surface area contributed by atoms with Crippen LogP contribution in [-0.4, -0.2) is 35.1 Å². The smallest absolute Gasteiger partial charge is 0.415 e. The highest BCUT2D eigenvalue weighted by atomic mass is 16.6. The van der Waals surface area contributed by atoms with Gasteiger partial charge >= 0.3 is 6.09 Å². The number of carbonyl (C=O) groups excluding carboxylic acids is 2. The number of hydrazine groups is 1. The Morgan fingerprint density at radius 3 is 2.67 bits per heavy atom. The molecule has 0 aromatic carbocycles. The van der Waals surface area contributed by atoms with E-state index in [1.807, 2.05) is 0 Å². The summed E-state index contributed by atoms with van der Waals surface area (Å²) < 4.78 is 5.09. The van der Waals surface area contributed by atoms with Crippen LogP contribution in [-0.2, 0) is 9.53 Å². The third-order valence-corrected chi connectivity index (χ3v) is 1.91. The molecule has 0 saturated carbocycles. The van der Waals surface area contributed by atoms with Gasteiger partial charge in [0.1, 0.15) is 17.2 Å². The summed E-state index contributed by atoms with van der Waals surface area (Å²) in [5, 5.41) is 0. The van der Waals surface area contributed by atoms with Crippen molar-refractivity contribution in [2.45, 2.75) is 32.4 Å². The Morgan fingerprint density at radius 2 is 2.27 bits per heavy atom. The topological polar surface area (TPSA) is 84.7 Å². The largest absolute Gasteiger partial charge is 0.443 e. The van der Waals surface area contributed by atoms with Gasteiger partial charge in [0, 0.05) is 0 Å². The van der Waals surface area contributed by atoms with Gasteiger partial charge in [0.2, 0.25) is 0 Å². The zero-order valence-corrected chi connectivity index (χ0v) is 9.03. The molecule has 1 unspecified atom stereocenters. The number of likely N-dealkylation sites (tertiary alicyclic amines) is 1. The summed E-state index contributed by atoms with van der Waals surface area (Å²) >= 11 is 0. The normalized spacial score (nSPS) is 20.7. The fourth-order valence-electron chi connectivity index (χ4n) is 1.19. The van der Waals surface area contributed by atoms with E-state index >= 15 is 0 Å². The molecule has 0 aliphatic carbocycles. The predicted molar refractivity (Wildman–Crippen MR) is 53.3 cm³/mol. The molecule has 84 valence electrons. The first-order valence-electron chi connectivity index (χ1n) is 4.60. The number of nitrogens with one attached hydrogen (secondary N) is 1. The van der Waals surface area contributed by atoms with Crippen LogP contribution < -0.4 is 11.3 Å². The fraction of sp³-hybridized carbons (Fsp3) is 0.667. The quantitative estimate of drug-likeness (QED) is 0.357. The molecule has 0 radical (unpaired) electrons. The van der Waals surface area contributed by atoms with Crippen LogP contribution in [0.1, 0.15) is 20.8 Å². The van der Waals surface area contributed by atoms with Gasteiger partial charge in [-0.05, 0) is 20.8 Å². The standard InChI is InChI=1S/C9H15N3O3/c1-9(2,3)15-8(14)12-4-6(11-10)7(12)5-13/h6,11H,4,10H2,1-3H3. The van der Waals surface area contributed by atoms with E-state index in [0.717, 1.165) is 0 Å². The molecule has 1 rings (SSSR count). The van der Waals surface area contributed by atoms with E-state index in [4.69, 9.17) is 10.6 Å². The third kappa shape index (κ3) is 2.56. The van der Waals surface area contributed by atoms with Crippen LogP contribution in [0.25, 0.3) is 0 Å². The Hall–Kier alpha value is -1.36. The van der Waals surface area contributed by atoms with Crippen molar-refractivity contribution < 1.29 is 14.3 Å². The Labute approximate surface area is 88.0 Å². The van der Waals surface area contributed by atoms with Crippen LogP contribution in [0.3, 0.4) is 0 Å². The van der Waals surface area contributed by atoms with E-state index in [1.54, 1.807) is 26.7 Å². The second kappa shape index (κ2) is 4.02. The molecule has 6 nitrogen and oxygen atoms in total. The van der Waals surface area contributed by atoms with Crippen molar-refractivity contribution in [3.8, 4) is 0 Å². The number of ether oxygens (including phenoxy) is 1. The lowest BCUT2D eigenvalue weighted by atomic mass is 10.1. The Kier molecular flexibility index (Phi) is 3.14. The second-order valence-corrected chi connectivity index (χ2v) is 4.30. The molecule has 1 saturated heterocycles. The fourth-order valence-corrected chi connectivity index (χ4v) is 1.19. The monoisotopic (exact) mass is 213 g/mol. The molecule has 15 heavy (non-hydrogen) atoms. The first kappa shape index (κ1) is 11.7. The lowest BCUT2D eigenvalue weighted by Gasteiger charge is -2.39. The molecule has 1 heterocycles. The van der Waals surface area contributed by atoms with Gasteiger partial charge < -0.3 is 4.74 Å². The number of nitrogens with zero attached hydrogens (tertiary/aromatic N) is 1. The SMILES string of the molecule is CC(C)(C)OC(=O)N1CC(NN)C1=C=O. The maximum absolute atomic E-state index is 11.5. The van der Waals surface area contributed by atoms with Crippen molar-refractivity contribution in [3.05, 3.63) is 5.70 Å². The lowest BCUT2D eigenvalue weighted by molar-refractivity contribution is 0.0196. The minimum atomic E-state index is -0.577. The molecule has 1 aliphatic rings. The highest BCUT2D eigenvalue weighted by molar-refractivity contribution is 5.77. The van der Waals surface area contributed by atoms with Crippen LogP contribution in [0.4, 0.5) is 4.79 Å². The van der Waals surface area contributed by atoms with Gasteiger partial charge in [-0.25, -0.2) is 15.0 Å². The highest BCUT2D eigenvalue weighted by Gasteiger charge is 2.39. The molecule has 1 atom stereocenters. The van der Waals surface area contributed by atoms with Crippen LogP contribution >= 0.6 is 0 Å². The van der Waals surface area contributed by atoms with Gasteiger partial charge in [-0.2, -0.15) is 0 Å². The minimum Gasteiger partial charge on any atom is -0.443 e. The van der Waals surface area contributed by atoms with Gasteiger partial charge in [-0.1, -0.05) is 0 Å². The summed E-state index contributed by atoms with van der Waals surface area (Å²) in [6.07, 6.45) is -0.549. The molecule has 6 heteroatoms. The second-order valence-electron chi connectivity index (χ2n) is 4.30. The van der Waals surface area contributed by atoms with Gasteiger partial charge in [-0.3, -0.25) is 10.7 Å². The first-order valence-corrected chi connectivity index (χ1v) is 4.60. The Morgan fingerprint density at radius 1 is 1.67 bits per heavy atom. The lowest BCUT2D eigenvalue weighted by Crippen LogP contribution is -2.60.